The molecule has 2 nitrogen and oxygen atoms in total. The third-order valence-electron chi connectivity index (χ3n) is 6.34. The zero-order chi connectivity index (χ0) is 19.6. The molecule has 138 valence electrons. The van der Waals surface area contributed by atoms with Crippen molar-refractivity contribution in [3.63, 3.8) is 0 Å². The summed E-state index contributed by atoms with van der Waals surface area (Å²) in [7, 11) is 0. The largest absolute Gasteiger partial charge is 0.240 e. The normalized spacial score (nSPS) is 14.1. The lowest BCUT2D eigenvalue weighted by atomic mass is 9.84. The highest BCUT2D eigenvalue weighted by Gasteiger charge is 2.40. The highest BCUT2D eigenvalue weighted by molar-refractivity contribution is 6.08. The summed E-state index contributed by atoms with van der Waals surface area (Å²) in [5.74, 6) is 0. The van der Waals surface area contributed by atoms with Crippen molar-refractivity contribution in [1.29, 1.82) is 0 Å². The predicted molar refractivity (Wildman–Crippen MR) is 120 cm³/mol. The fourth-order valence-corrected chi connectivity index (χ4v) is 4.92. The van der Waals surface area contributed by atoms with Crippen molar-refractivity contribution in [2.75, 3.05) is 0 Å². The summed E-state index contributed by atoms with van der Waals surface area (Å²) in [4.78, 5) is 9.62. The molecule has 0 atom stereocenters. The molecule has 0 fully saturated rings. The average molecular weight is 372 g/mol. The molecule has 5 aromatic rings. The number of rotatable bonds is 1. The summed E-state index contributed by atoms with van der Waals surface area (Å²) in [6.45, 7) is 4.54. The van der Waals surface area contributed by atoms with E-state index in [4.69, 9.17) is 9.97 Å². The molecule has 1 heterocycles. The summed E-state index contributed by atoms with van der Waals surface area (Å²) in [6.07, 6.45) is 1.73. The van der Waals surface area contributed by atoms with E-state index in [1.165, 1.54) is 43.8 Å². The van der Waals surface area contributed by atoms with Gasteiger partial charge in [0.1, 0.15) is 6.33 Å². The summed E-state index contributed by atoms with van der Waals surface area (Å²) < 4.78 is 0. The molecule has 6 rings (SSSR count). The first-order valence-corrected chi connectivity index (χ1v) is 10.0. The Morgan fingerprint density at radius 2 is 1.31 bits per heavy atom. The Hall–Kier alpha value is -3.52. The van der Waals surface area contributed by atoms with E-state index in [9.17, 15) is 0 Å². The summed E-state index contributed by atoms with van der Waals surface area (Å²) in [6, 6.07) is 28.1. The molecule has 0 N–H and O–H groups in total. The molecule has 0 radical (unpaired) electrons. The lowest BCUT2D eigenvalue weighted by Crippen LogP contribution is -2.16. The molecule has 0 bridgehead atoms. The van der Waals surface area contributed by atoms with E-state index in [2.05, 4.69) is 92.7 Å². The Balaban J connectivity index is 1.78. The molecule has 29 heavy (non-hydrogen) atoms. The van der Waals surface area contributed by atoms with Crippen LogP contribution in [0.3, 0.4) is 0 Å². The van der Waals surface area contributed by atoms with Crippen LogP contribution in [0.15, 0.2) is 85.2 Å². The van der Waals surface area contributed by atoms with Gasteiger partial charge >= 0.3 is 0 Å². The van der Waals surface area contributed by atoms with Crippen molar-refractivity contribution in [3.05, 3.63) is 96.4 Å². The van der Waals surface area contributed by atoms with Gasteiger partial charge in [0.25, 0.3) is 0 Å². The molecule has 2 heteroatoms. The Kier molecular flexibility index (Phi) is 3.25. The zero-order valence-electron chi connectivity index (χ0n) is 16.5. The first-order chi connectivity index (χ1) is 14.2. The topological polar surface area (TPSA) is 25.8 Å². The van der Waals surface area contributed by atoms with E-state index in [0.29, 0.717) is 0 Å². The third-order valence-corrected chi connectivity index (χ3v) is 6.34. The van der Waals surface area contributed by atoms with Crippen molar-refractivity contribution in [3.8, 4) is 22.4 Å². The van der Waals surface area contributed by atoms with Crippen molar-refractivity contribution in [2.45, 2.75) is 19.3 Å². The fourth-order valence-electron chi connectivity index (χ4n) is 4.92. The molecule has 0 unspecified atom stereocenters. The van der Waals surface area contributed by atoms with Crippen LogP contribution in [0, 0.1) is 0 Å². The lowest BCUT2D eigenvalue weighted by Gasteiger charge is -2.20. The van der Waals surface area contributed by atoms with Crippen LogP contribution < -0.4 is 0 Å². The van der Waals surface area contributed by atoms with Gasteiger partial charge in [0.2, 0.25) is 0 Å². The summed E-state index contributed by atoms with van der Waals surface area (Å²) >= 11 is 0. The zero-order valence-corrected chi connectivity index (χ0v) is 16.5. The van der Waals surface area contributed by atoms with E-state index in [1.807, 2.05) is 0 Å². The average Bonchev–Trinajstić information content (AvgIpc) is 3.01. The first-order valence-electron chi connectivity index (χ1n) is 10.0. The van der Waals surface area contributed by atoms with E-state index in [0.717, 1.165) is 11.4 Å². The van der Waals surface area contributed by atoms with Crippen LogP contribution in [0.5, 0.6) is 0 Å². The summed E-state index contributed by atoms with van der Waals surface area (Å²) in [5.41, 5.74) is 6.94. The van der Waals surface area contributed by atoms with E-state index < -0.39 is 0 Å². The van der Waals surface area contributed by atoms with Gasteiger partial charge < -0.3 is 0 Å². The maximum absolute atomic E-state index is 4.83. The van der Waals surface area contributed by atoms with Crippen molar-refractivity contribution < 1.29 is 0 Å². The first kappa shape index (κ1) is 16.4. The van der Waals surface area contributed by atoms with Gasteiger partial charge in [-0.1, -0.05) is 92.7 Å². The molecule has 1 aliphatic rings. The quantitative estimate of drug-likeness (QED) is 0.325. The Morgan fingerprint density at radius 1 is 0.621 bits per heavy atom. The van der Waals surface area contributed by atoms with E-state index >= 15 is 0 Å². The van der Waals surface area contributed by atoms with Crippen LogP contribution in [0.4, 0.5) is 0 Å². The van der Waals surface area contributed by atoms with E-state index in [-0.39, 0.29) is 5.41 Å². The molecular weight excluding hydrogens is 352 g/mol. The van der Waals surface area contributed by atoms with Crippen LogP contribution >= 0.6 is 0 Å². The molecule has 0 spiro atoms. The standard InChI is InChI=1S/C27H20N2/c1-27(2)22-15-14-18-9-4-6-12-20(18)23(22)24-25(28-16-29-26(24)27)21-13-7-10-17-8-3-5-11-19(17)21/h3-16H,1-2H3. The Morgan fingerprint density at radius 3 is 2.14 bits per heavy atom. The fraction of sp³-hybridized carbons (Fsp3) is 0.111. The van der Waals surface area contributed by atoms with Crippen LogP contribution in [0.25, 0.3) is 43.9 Å². The second-order valence-corrected chi connectivity index (χ2v) is 8.31. The minimum absolute atomic E-state index is 0.156. The molecule has 0 saturated carbocycles. The molecule has 4 aromatic carbocycles. The number of hydrogen-bond donors (Lipinski definition) is 0. The van der Waals surface area contributed by atoms with Gasteiger partial charge in [-0.3, -0.25) is 0 Å². The molecule has 0 saturated heterocycles. The highest BCUT2D eigenvalue weighted by atomic mass is 14.9. The van der Waals surface area contributed by atoms with Gasteiger partial charge in [0.15, 0.2) is 0 Å². The van der Waals surface area contributed by atoms with Gasteiger partial charge in [-0.2, -0.15) is 0 Å². The minimum Gasteiger partial charge on any atom is -0.240 e. The molecule has 1 aromatic heterocycles. The number of nitrogens with zero attached hydrogens (tertiary/aromatic N) is 2. The molecular formula is C27H20N2. The minimum atomic E-state index is -0.156. The Labute approximate surface area is 169 Å². The predicted octanol–water partition coefficient (Wildman–Crippen LogP) is 6.76. The van der Waals surface area contributed by atoms with Crippen molar-refractivity contribution in [1.82, 2.24) is 9.97 Å². The molecule has 1 aliphatic carbocycles. The van der Waals surface area contributed by atoms with E-state index in [1.54, 1.807) is 6.33 Å². The lowest BCUT2D eigenvalue weighted by molar-refractivity contribution is 0.635. The van der Waals surface area contributed by atoms with Crippen LogP contribution in [-0.4, -0.2) is 9.97 Å². The van der Waals surface area contributed by atoms with Gasteiger partial charge in [0, 0.05) is 16.5 Å². The van der Waals surface area contributed by atoms with Crippen molar-refractivity contribution >= 4 is 21.5 Å². The second kappa shape index (κ2) is 5.74. The number of hydrogen-bond acceptors (Lipinski definition) is 2. The summed E-state index contributed by atoms with van der Waals surface area (Å²) in [5, 5.41) is 4.98. The Bertz CT molecular complexity index is 1420. The number of fused-ring (bicyclic) bond motifs is 6. The maximum Gasteiger partial charge on any atom is 0.116 e. The van der Waals surface area contributed by atoms with Crippen LogP contribution in [-0.2, 0) is 5.41 Å². The second-order valence-electron chi connectivity index (χ2n) is 8.31. The molecule has 0 aliphatic heterocycles. The molecule has 0 amide bonds. The smallest absolute Gasteiger partial charge is 0.116 e. The SMILES string of the molecule is CC1(C)c2ccc3ccccc3c2-c2c(-c3cccc4ccccc34)ncnc21. The van der Waals surface area contributed by atoms with Gasteiger partial charge in [-0.05, 0) is 32.7 Å². The van der Waals surface area contributed by atoms with Crippen LogP contribution in [0.2, 0.25) is 0 Å². The maximum atomic E-state index is 4.83. The number of aromatic nitrogens is 2. The van der Waals surface area contributed by atoms with Crippen LogP contribution in [0.1, 0.15) is 25.1 Å². The van der Waals surface area contributed by atoms with Gasteiger partial charge in [0.05, 0.1) is 11.4 Å². The van der Waals surface area contributed by atoms with Crippen molar-refractivity contribution in [2.24, 2.45) is 0 Å². The highest BCUT2D eigenvalue weighted by Crippen LogP contribution is 2.53. The number of benzene rings is 4. The monoisotopic (exact) mass is 372 g/mol. The third kappa shape index (κ3) is 2.17. The van der Waals surface area contributed by atoms with Gasteiger partial charge in [-0.25, -0.2) is 9.97 Å². The van der Waals surface area contributed by atoms with Gasteiger partial charge in [-0.15, -0.1) is 0 Å².